The minimum absolute atomic E-state index is 0.132. The highest BCUT2D eigenvalue weighted by Crippen LogP contribution is 2.22. The Kier molecular flexibility index (Phi) is 4.52. The Morgan fingerprint density at radius 1 is 1.37 bits per heavy atom. The van der Waals surface area contributed by atoms with Gasteiger partial charge >= 0.3 is 6.03 Å². The molecule has 1 heterocycles. The third-order valence-electron chi connectivity index (χ3n) is 2.78. The predicted molar refractivity (Wildman–Crippen MR) is 73.9 cm³/mol. The quantitative estimate of drug-likeness (QED) is 0.802. The first kappa shape index (κ1) is 14.4. The van der Waals surface area contributed by atoms with Crippen LogP contribution in [0.3, 0.4) is 0 Å². The zero-order chi connectivity index (χ0) is 13.9. The molecule has 2 rings (SSSR count). The van der Waals surface area contributed by atoms with E-state index in [1.54, 1.807) is 18.2 Å². The van der Waals surface area contributed by atoms with Crippen LogP contribution >= 0.6 is 23.2 Å². The summed E-state index contributed by atoms with van der Waals surface area (Å²) in [4.78, 5) is 11.7. The minimum Gasteiger partial charge on any atom is -0.386 e. The molecule has 2 amide bonds. The molecule has 1 unspecified atom stereocenters. The molecule has 0 saturated carbocycles. The highest BCUT2D eigenvalue weighted by molar-refractivity contribution is 6.35. The van der Waals surface area contributed by atoms with Gasteiger partial charge in [0.15, 0.2) is 0 Å². The van der Waals surface area contributed by atoms with Gasteiger partial charge in [0, 0.05) is 28.8 Å². The maximum Gasteiger partial charge on any atom is 0.319 e. The van der Waals surface area contributed by atoms with Gasteiger partial charge in [-0.25, -0.2) is 4.79 Å². The van der Waals surface area contributed by atoms with Gasteiger partial charge in [-0.15, -0.1) is 0 Å². The zero-order valence-electron chi connectivity index (χ0n) is 10.1. The second-order valence-corrected chi connectivity index (χ2v) is 5.37. The van der Waals surface area contributed by atoms with Crippen molar-refractivity contribution in [2.24, 2.45) is 0 Å². The third kappa shape index (κ3) is 4.24. The molecule has 0 bridgehead atoms. The van der Waals surface area contributed by atoms with Crippen LogP contribution < -0.4 is 10.6 Å². The number of benzene rings is 1. The zero-order valence-corrected chi connectivity index (χ0v) is 11.6. The summed E-state index contributed by atoms with van der Waals surface area (Å²) in [6, 6.07) is 4.31. The van der Waals surface area contributed by atoms with Crippen LogP contribution in [0.15, 0.2) is 18.2 Å². The molecule has 5 nitrogen and oxygen atoms in total. The average molecular weight is 305 g/mol. The van der Waals surface area contributed by atoms with E-state index in [1.807, 2.05) is 0 Å². The van der Waals surface area contributed by atoms with Crippen molar-refractivity contribution >= 4 is 34.9 Å². The number of carbonyl (C=O) groups excluding carboxylic acids is 1. The Labute approximate surface area is 120 Å². The molecule has 3 N–H and O–H groups in total. The molecule has 1 aromatic rings. The number of rotatable bonds is 3. The number of ether oxygens (including phenoxy) is 1. The number of nitrogens with one attached hydrogen (secondary N) is 2. The van der Waals surface area contributed by atoms with Crippen molar-refractivity contribution in [1.29, 1.82) is 0 Å². The van der Waals surface area contributed by atoms with Crippen molar-refractivity contribution in [2.45, 2.75) is 12.0 Å². The Morgan fingerprint density at radius 3 is 2.63 bits per heavy atom. The predicted octanol–water partition coefficient (Wildman–Crippen LogP) is 2.27. The monoisotopic (exact) mass is 304 g/mol. The summed E-state index contributed by atoms with van der Waals surface area (Å²) in [5.74, 6) is 0. The van der Waals surface area contributed by atoms with Gasteiger partial charge in [-0.2, -0.15) is 0 Å². The Bertz CT molecular complexity index is 456. The molecule has 1 saturated heterocycles. The summed E-state index contributed by atoms with van der Waals surface area (Å²) < 4.78 is 5.09. The summed E-state index contributed by atoms with van der Waals surface area (Å²) in [7, 11) is 0. The second-order valence-electron chi connectivity index (χ2n) is 4.49. The van der Waals surface area contributed by atoms with Gasteiger partial charge in [-0.3, -0.25) is 0 Å². The lowest BCUT2D eigenvalue weighted by atomic mass is 10.0. The number of hydrogen-bond acceptors (Lipinski definition) is 3. The van der Waals surface area contributed by atoms with Crippen molar-refractivity contribution < 1.29 is 14.6 Å². The van der Waals surface area contributed by atoms with Crippen molar-refractivity contribution in [3.05, 3.63) is 28.2 Å². The van der Waals surface area contributed by atoms with Gasteiger partial charge in [0.05, 0.1) is 13.2 Å². The van der Waals surface area contributed by atoms with Crippen LogP contribution in [0.5, 0.6) is 0 Å². The van der Waals surface area contributed by atoms with Crippen LogP contribution in [0.25, 0.3) is 0 Å². The van der Waals surface area contributed by atoms with Gasteiger partial charge in [0.1, 0.15) is 5.60 Å². The van der Waals surface area contributed by atoms with Crippen molar-refractivity contribution in [3.8, 4) is 0 Å². The summed E-state index contributed by atoms with van der Waals surface area (Å²) in [5, 5.41) is 16.0. The molecule has 104 valence electrons. The summed E-state index contributed by atoms with van der Waals surface area (Å²) >= 11 is 11.6. The highest BCUT2D eigenvalue weighted by atomic mass is 35.5. The van der Waals surface area contributed by atoms with E-state index in [2.05, 4.69) is 10.6 Å². The standard InChI is InChI=1S/C12H14Cl2N2O3/c13-8-3-9(14)5-10(4-8)16-11(17)15-6-12(18)1-2-19-7-12/h3-5,18H,1-2,6-7H2,(H2,15,16,17). The molecule has 1 atom stereocenters. The highest BCUT2D eigenvalue weighted by Gasteiger charge is 2.32. The van der Waals surface area contributed by atoms with Crippen LogP contribution in [0.1, 0.15) is 6.42 Å². The number of urea groups is 1. The van der Waals surface area contributed by atoms with Gasteiger partial charge < -0.3 is 20.5 Å². The van der Waals surface area contributed by atoms with Gasteiger partial charge in [-0.05, 0) is 18.2 Å². The van der Waals surface area contributed by atoms with Crippen LogP contribution in [-0.4, -0.2) is 36.5 Å². The largest absolute Gasteiger partial charge is 0.386 e. The lowest BCUT2D eigenvalue weighted by Gasteiger charge is -2.20. The smallest absolute Gasteiger partial charge is 0.319 e. The molecule has 7 heteroatoms. The Hall–Kier alpha value is -1.01. The summed E-state index contributed by atoms with van der Waals surface area (Å²) in [6.07, 6.45) is 0.510. The maximum atomic E-state index is 11.7. The molecule has 1 aliphatic heterocycles. The van der Waals surface area contributed by atoms with E-state index in [4.69, 9.17) is 27.9 Å². The van der Waals surface area contributed by atoms with Crippen LogP contribution in [-0.2, 0) is 4.74 Å². The van der Waals surface area contributed by atoms with E-state index in [0.29, 0.717) is 28.8 Å². The number of aliphatic hydroxyl groups is 1. The van der Waals surface area contributed by atoms with Crippen LogP contribution in [0.2, 0.25) is 10.0 Å². The molecule has 1 fully saturated rings. The minimum atomic E-state index is -0.983. The Balaban J connectivity index is 1.87. The number of carbonyl (C=O) groups is 1. The van der Waals surface area contributed by atoms with E-state index in [-0.39, 0.29) is 13.2 Å². The lowest BCUT2D eigenvalue weighted by molar-refractivity contribution is 0.0295. The fourth-order valence-corrected chi connectivity index (χ4v) is 2.31. The molecule has 0 radical (unpaired) electrons. The third-order valence-corrected chi connectivity index (χ3v) is 3.22. The molecule has 0 aromatic heterocycles. The van der Waals surface area contributed by atoms with Crippen LogP contribution in [0, 0.1) is 0 Å². The number of hydrogen-bond donors (Lipinski definition) is 3. The molecule has 0 spiro atoms. The summed E-state index contributed by atoms with van der Waals surface area (Å²) in [5.41, 5.74) is -0.492. The van der Waals surface area contributed by atoms with Crippen LogP contribution in [0.4, 0.5) is 10.5 Å². The number of amides is 2. The fourth-order valence-electron chi connectivity index (χ4n) is 1.78. The molecule has 19 heavy (non-hydrogen) atoms. The molecule has 1 aliphatic rings. The first-order valence-electron chi connectivity index (χ1n) is 5.78. The average Bonchev–Trinajstić information content (AvgIpc) is 2.73. The van der Waals surface area contributed by atoms with E-state index in [9.17, 15) is 9.90 Å². The number of halogens is 2. The normalized spacial score (nSPS) is 22.3. The van der Waals surface area contributed by atoms with Gasteiger partial charge in [-0.1, -0.05) is 23.2 Å². The molecular formula is C12H14Cl2N2O3. The van der Waals surface area contributed by atoms with E-state index >= 15 is 0 Å². The molecule has 0 aliphatic carbocycles. The second kappa shape index (κ2) is 5.96. The number of anilines is 1. The maximum absolute atomic E-state index is 11.7. The first-order valence-corrected chi connectivity index (χ1v) is 6.54. The van der Waals surface area contributed by atoms with Crippen molar-refractivity contribution in [2.75, 3.05) is 25.1 Å². The van der Waals surface area contributed by atoms with Crippen molar-refractivity contribution in [1.82, 2.24) is 5.32 Å². The van der Waals surface area contributed by atoms with E-state index in [0.717, 1.165) is 0 Å². The van der Waals surface area contributed by atoms with E-state index in [1.165, 1.54) is 0 Å². The first-order chi connectivity index (χ1) is 8.97. The van der Waals surface area contributed by atoms with Gasteiger partial charge in [0.2, 0.25) is 0 Å². The fraction of sp³-hybridized carbons (Fsp3) is 0.417. The topological polar surface area (TPSA) is 70.6 Å². The SMILES string of the molecule is O=C(NCC1(O)CCOC1)Nc1cc(Cl)cc(Cl)c1. The Morgan fingerprint density at radius 2 is 2.05 bits per heavy atom. The lowest BCUT2D eigenvalue weighted by Crippen LogP contribution is -2.44. The van der Waals surface area contributed by atoms with E-state index < -0.39 is 11.6 Å². The summed E-state index contributed by atoms with van der Waals surface area (Å²) in [6.45, 7) is 0.868. The van der Waals surface area contributed by atoms with Gasteiger partial charge in [0.25, 0.3) is 0 Å². The molecular weight excluding hydrogens is 291 g/mol. The van der Waals surface area contributed by atoms with Crippen molar-refractivity contribution in [3.63, 3.8) is 0 Å². The molecule has 1 aromatic carbocycles.